The van der Waals surface area contributed by atoms with E-state index in [4.69, 9.17) is 11.6 Å². The van der Waals surface area contributed by atoms with Crippen LogP contribution in [-0.2, 0) is 18.3 Å². The molecule has 4 nitrogen and oxygen atoms in total. The molecule has 24 heavy (non-hydrogen) atoms. The molecule has 0 aliphatic carbocycles. The van der Waals surface area contributed by atoms with Crippen LogP contribution in [0.5, 0.6) is 0 Å². The molecule has 0 aliphatic heterocycles. The molecule has 0 fully saturated rings. The molecular weight excluding hydrogens is 329 g/mol. The number of rotatable bonds is 4. The lowest BCUT2D eigenvalue weighted by Gasteiger charge is -2.10. The van der Waals surface area contributed by atoms with E-state index in [-0.39, 0.29) is 17.0 Å². The van der Waals surface area contributed by atoms with E-state index in [1.54, 1.807) is 11.6 Å². The monoisotopic (exact) mass is 341 g/mol. The van der Waals surface area contributed by atoms with Crippen LogP contribution in [0.1, 0.15) is 17.3 Å². The topological polar surface area (TPSA) is 58.7 Å². The van der Waals surface area contributed by atoms with Gasteiger partial charge in [-0.3, -0.25) is 4.79 Å². The summed E-state index contributed by atoms with van der Waals surface area (Å²) in [5.41, 5.74) is 1.62. The molecule has 120 valence electrons. The molecular formula is C18H13ClFN3O. The van der Waals surface area contributed by atoms with Crippen LogP contribution >= 0.6 is 11.6 Å². The number of halogens is 2. The second kappa shape index (κ2) is 6.42. The van der Waals surface area contributed by atoms with E-state index in [9.17, 15) is 14.4 Å². The lowest BCUT2D eigenvalue weighted by Crippen LogP contribution is -2.18. The van der Waals surface area contributed by atoms with Gasteiger partial charge in [-0.15, -0.1) is 0 Å². The fourth-order valence-electron chi connectivity index (χ4n) is 2.67. The first-order chi connectivity index (χ1) is 11.5. The molecule has 0 saturated carbocycles. The fraction of sp³-hybridized carbons (Fsp3) is 0.167. The van der Waals surface area contributed by atoms with E-state index < -0.39 is 17.5 Å². The highest BCUT2D eigenvalue weighted by Gasteiger charge is 2.27. The van der Waals surface area contributed by atoms with Crippen molar-refractivity contribution in [3.05, 3.63) is 64.7 Å². The predicted octanol–water partition coefficient (Wildman–Crippen LogP) is 3.78. The maximum atomic E-state index is 13.9. The van der Waals surface area contributed by atoms with Crippen molar-refractivity contribution >= 4 is 28.4 Å². The van der Waals surface area contributed by atoms with Crippen LogP contribution in [0.15, 0.2) is 42.5 Å². The van der Waals surface area contributed by atoms with E-state index in [0.29, 0.717) is 11.3 Å². The summed E-state index contributed by atoms with van der Waals surface area (Å²) < 4.78 is 15.6. The van der Waals surface area contributed by atoms with E-state index >= 15 is 0 Å². The molecule has 2 aromatic carbocycles. The van der Waals surface area contributed by atoms with Crippen molar-refractivity contribution in [1.29, 1.82) is 5.26 Å². The number of Topliss-reactive ketones (excluding diaryl/α,β-unsaturated/α-hetero) is 1. The average Bonchev–Trinajstić information content (AvgIpc) is 2.89. The molecule has 0 spiro atoms. The Morgan fingerprint density at radius 3 is 2.75 bits per heavy atom. The van der Waals surface area contributed by atoms with Crippen molar-refractivity contribution in [2.24, 2.45) is 7.05 Å². The van der Waals surface area contributed by atoms with Gasteiger partial charge < -0.3 is 4.57 Å². The Morgan fingerprint density at radius 1 is 1.33 bits per heavy atom. The van der Waals surface area contributed by atoms with Gasteiger partial charge in [-0.2, -0.15) is 5.26 Å². The first kappa shape index (κ1) is 16.2. The highest BCUT2D eigenvalue weighted by Crippen LogP contribution is 2.25. The highest BCUT2D eigenvalue weighted by molar-refractivity contribution is 6.31. The third kappa shape index (κ3) is 2.77. The van der Waals surface area contributed by atoms with Gasteiger partial charge in [0.05, 0.1) is 17.1 Å². The Kier molecular flexibility index (Phi) is 4.32. The normalized spacial score (nSPS) is 12.1. The Labute approximate surface area is 143 Å². The summed E-state index contributed by atoms with van der Waals surface area (Å²) in [7, 11) is 1.75. The number of para-hydroxylation sites is 2. The SMILES string of the molecule is Cn1c(C(C#N)C(=O)Cc2c(F)cccc2Cl)nc2ccccc21. The molecule has 3 aromatic rings. The van der Waals surface area contributed by atoms with E-state index in [1.807, 2.05) is 30.3 Å². The Balaban J connectivity index is 1.98. The number of benzene rings is 2. The highest BCUT2D eigenvalue weighted by atomic mass is 35.5. The second-order valence-corrected chi connectivity index (χ2v) is 5.83. The lowest BCUT2D eigenvalue weighted by atomic mass is 9.98. The van der Waals surface area contributed by atoms with Crippen LogP contribution in [0.4, 0.5) is 4.39 Å². The second-order valence-electron chi connectivity index (χ2n) is 5.42. The molecule has 0 amide bonds. The van der Waals surface area contributed by atoms with Crippen molar-refractivity contribution in [2.45, 2.75) is 12.3 Å². The van der Waals surface area contributed by atoms with Gasteiger partial charge >= 0.3 is 0 Å². The number of hydrogen-bond acceptors (Lipinski definition) is 3. The minimum absolute atomic E-state index is 0.100. The molecule has 1 atom stereocenters. The minimum atomic E-state index is -1.09. The molecule has 1 aromatic heterocycles. The van der Waals surface area contributed by atoms with Crippen molar-refractivity contribution in [3.8, 4) is 6.07 Å². The Morgan fingerprint density at radius 2 is 2.08 bits per heavy atom. The van der Waals surface area contributed by atoms with E-state index in [2.05, 4.69) is 4.98 Å². The standard InChI is InChI=1S/C18H13ClFN3O/c1-23-16-8-3-2-7-15(16)22-18(23)12(10-21)17(24)9-11-13(19)5-4-6-14(11)20/h2-8,12H,9H2,1H3. The zero-order chi connectivity index (χ0) is 17.3. The summed E-state index contributed by atoms with van der Waals surface area (Å²) in [4.78, 5) is 17.0. The molecule has 3 rings (SSSR count). The number of hydrogen-bond donors (Lipinski definition) is 0. The Bertz CT molecular complexity index is 954. The predicted molar refractivity (Wildman–Crippen MR) is 89.2 cm³/mol. The molecule has 1 unspecified atom stereocenters. The quantitative estimate of drug-likeness (QED) is 0.725. The zero-order valence-electron chi connectivity index (χ0n) is 12.8. The van der Waals surface area contributed by atoms with Crippen LogP contribution < -0.4 is 0 Å². The summed E-state index contributed by atoms with van der Waals surface area (Å²) in [6, 6.07) is 13.6. The number of nitrogens with zero attached hydrogens (tertiary/aromatic N) is 3. The van der Waals surface area contributed by atoms with Crippen LogP contribution in [0, 0.1) is 17.1 Å². The Hall–Kier alpha value is -2.71. The van der Waals surface area contributed by atoms with Crippen LogP contribution in [0.25, 0.3) is 11.0 Å². The maximum Gasteiger partial charge on any atom is 0.163 e. The largest absolute Gasteiger partial charge is 0.330 e. The summed E-state index contributed by atoms with van der Waals surface area (Å²) in [6.07, 6.45) is -0.257. The first-order valence-corrected chi connectivity index (χ1v) is 7.67. The van der Waals surface area contributed by atoms with Crippen molar-refractivity contribution < 1.29 is 9.18 Å². The number of imidazole rings is 1. The summed E-state index contributed by atoms with van der Waals surface area (Å²) >= 11 is 5.97. The summed E-state index contributed by atoms with van der Waals surface area (Å²) in [6.45, 7) is 0. The average molecular weight is 342 g/mol. The van der Waals surface area contributed by atoms with Gasteiger partial charge in [0.15, 0.2) is 11.7 Å². The van der Waals surface area contributed by atoms with Crippen LogP contribution in [-0.4, -0.2) is 15.3 Å². The van der Waals surface area contributed by atoms with Gasteiger partial charge in [-0.05, 0) is 24.3 Å². The van der Waals surface area contributed by atoms with Crippen LogP contribution in [0.2, 0.25) is 5.02 Å². The maximum absolute atomic E-state index is 13.9. The van der Waals surface area contributed by atoms with Gasteiger partial charge in [0.25, 0.3) is 0 Å². The molecule has 0 aliphatic rings. The minimum Gasteiger partial charge on any atom is -0.330 e. The summed E-state index contributed by atoms with van der Waals surface area (Å²) in [5.74, 6) is -1.74. The van der Waals surface area contributed by atoms with Gasteiger partial charge in [-0.1, -0.05) is 29.8 Å². The molecule has 1 heterocycles. The van der Waals surface area contributed by atoms with Gasteiger partial charge in [0.1, 0.15) is 11.6 Å². The smallest absolute Gasteiger partial charge is 0.163 e. The molecule has 0 radical (unpaired) electrons. The number of fused-ring (bicyclic) bond motifs is 1. The van der Waals surface area contributed by atoms with E-state index in [1.165, 1.54) is 18.2 Å². The number of aromatic nitrogens is 2. The van der Waals surface area contributed by atoms with Crippen molar-refractivity contribution in [2.75, 3.05) is 0 Å². The van der Waals surface area contributed by atoms with Crippen molar-refractivity contribution in [3.63, 3.8) is 0 Å². The van der Waals surface area contributed by atoms with Crippen molar-refractivity contribution in [1.82, 2.24) is 9.55 Å². The lowest BCUT2D eigenvalue weighted by molar-refractivity contribution is -0.118. The zero-order valence-corrected chi connectivity index (χ0v) is 13.6. The van der Waals surface area contributed by atoms with Gasteiger partial charge in [0, 0.05) is 24.1 Å². The molecule has 0 saturated heterocycles. The fourth-order valence-corrected chi connectivity index (χ4v) is 2.90. The third-order valence-electron chi connectivity index (χ3n) is 3.94. The van der Waals surface area contributed by atoms with Crippen LogP contribution in [0.3, 0.4) is 0 Å². The first-order valence-electron chi connectivity index (χ1n) is 7.29. The molecule has 6 heteroatoms. The third-order valence-corrected chi connectivity index (χ3v) is 4.30. The number of nitriles is 1. The molecule has 0 bridgehead atoms. The van der Waals surface area contributed by atoms with Gasteiger partial charge in [-0.25, -0.2) is 9.37 Å². The summed E-state index contributed by atoms with van der Waals surface area (Å²) in [5, 5.41) is 9.64. The van der Waals surface area contributed by atoms with Gasteiger partial charge in [0.2, 0.25) is 0 Å². The number of carbonyl (C=O) groups is 1. The number of ketones is 1. The number of carbonyl (C=O) groups excluding carboxylic acids is 1. The number of aryl methyl sites for hydroxylation is 1. The van der Waals surface area contributed by atoms with E-state index in [0.717, 1.165) is 5.52 Å². The molecule has 0 N–H and O–H groups in total.